The molecule has 0 atom stereocenters. The first-order chi connectivity index (χ1) is 6.74. The second-order valence-electron chi connectivity index (χ2n) is 2.64. The van der Waals surface area contributed by atoms with Gasteiger partial charge in [0.25, 0.3) is 5.78 Å². The fraction of sp³-hybridized carbons (Fsp3) is 0.200. The highest BCUT2D eigenvalue weighted by Crippen LogP contribution is 2.00. The molecule has 0 aliphatic rings. The predicted molar refractivity (Wildman–Crippen MR) is 48.3 cm³/mol. The van der Waals surface area contributed by atoms with E-state index < -0.39 is 18.4 Å². The minimum absolute atomic E-state index is 0.0470. The largest absolute Gasteiger partial charge is 0.455 e. The second kappa shape index (κ2) is 5.14. The Morgan fingerprint density at radius 1 is 1.21 bits per heavy atom. The normalized spacial score (nSPS) is 9.50. The molecule has 0 spiro atoms. The number of aliphatic hydroxyl groups excluding tert-OH is 1. The quantitative estimate of drug-likeness (QED) is 0.552. The molecule has 0 bridgehead atoms. The molecule has 4 nitrogen and oxygen atoms in total. The van der Waals surface area contributed by atoms with Gasteiger partial charge in [-0.3, -0.25) is 4.79 Å². The average Bonchev–Trinajstić information content (AvgIpc) is 2.26. The maximum atomic E-state index is 10.8. The summed E-state index contributed by atoms with van der Waals surface area (Å²) in [6, 6.07) is 8.99. The highest BCUT2D eigenvalue weighted by molar-refractivity contribution is 6.34. The van der Waals surface area contributed by atoms with Crippen molar-refractivity contribution in [3.05, 3.63) is 35.9 Å². The topological polar surface area (TPSA) is 63.6 Å². The van der Waals surface area contributed by atoms with E-state index in [1.807, 2.05) is 6.07 Å². The Morgan fingerprint density at radius 3 is 2.43 bits per heavy atom. The van der Waals surface area contributed by atoms with Crippen molar-refractivity contribution in [2.45, 2.75) is 6.61 Å². The number of Topliss-reactive ketones (excluding diaryl/α,β-unsaturated/α-hetero) is 1. The van der Waals surface area contributed by atoms with E-state index in [0.717, 1.165) is 5.56 Å². The number of carbonyl (C=O) groups excluding carboxylic acids is 2. The van der Waals surface area contributed by atoms with E-state index in [4.69, 9.17) is 5.11 Å². The minimum atomic E-state index is -1.00. The molecule has 0 aliphatic heterocycles. The Labute approximate surface area is 81.1 Å². The highest BCUT2D eigenvalue weighted by atomic mass is 16.5. The van der Waals surface area contributed by atoms with Gasteiger partial charge in [0.2, 0.25) is 0 Å². The lowest BCUT2D eigenvalue weighted by Crippen LogP contribution is -2.20. The van der Waals surface area contributed by atoms with Crippen LogP contribution in [0.15, 0.2) is 30.3 Å². The molecule has 0 saturated heterocycles. The van der Waals surface area contributed by atoms with Crippen molar-refractivity contribution in [1.82, 2.24) is 0 Å². The van der Waals surface area contributed by atoms with E-state index >= 15 is 0 Å². The van der Waals surface area contributed by atoms with Crippen molar-refractivity contribution in [1.29, 1.82) is 0 Å². The van der Waals surface area contributed by atoms with E-state index in [0.29, 0.717) is 0 Å². The van der Waals surface area contributed by atoms with Crippen molar-refractivity contribution in [2.75, 3.05) is 6.61 Å². The molecule has 0 unspecified atom stereocenters. The number of rotatable bonds is 4. The van der Waals surface area contributed by atoms with Crippen molar-refractivity contribution >= 4 is 11.8 Å². The number of carbonyl (C=O) groups is 2. The third kappa shape index (κ3) is 2.99. The summed E-state index contributed by atoms with van der Waals surface area (Å²) in [5.74, 6) is -1.93. The maximum absolute atomic E-state index is 10.8. The van der Waals surface area contributed by atoms with Gasteiger partial charge in [-0.25, -0.2) is 4.79 Å². The summed E-state index contributed by atoms with van der Waals surface area (Å²) in [5.41, 5.74) is 0.798. The molecule has 0 radical (unpaired) electrons. The number of aliphatic hydroxyl groups is 1. The van der Waals surface area contributed by atoms with Crippen LogP contribution in [0.25, 0.3) is 0 Å². The number of benzene rings is 1. The SMILES string of the molecule is O=C(CO)C(=O)OCc1ccccc1. The zero-order valence-electron chi connectivity index (χ0n) is 7.47. The molecule has 1 rings (SSSR count). The molecule has 0 heterocycles. The average molecular weight is 194 g/mol. The second-order valence-corrected chi connectivity index (χ2v) is 2.64. The number of hydrogen-bond acceptors (Lipinski definition) is 4. The first-order valence-corrected chi connectivity index (χ1v) is 4.09. The van der Waals surface area contributed by atoms with Crippen molar-refractivity contribution in [2.24, 2.45) is 0 Å². The first kappa shape index (κ1) is 10.4. The van der Waals surface area contributed by atoms with Gasteiger partial charge in [0, 0.05) is 0 Å². The van der Waals surface area contributed by atoms with Crippen LogP contribution >= 0.6 is 0 Å². The number of esters is 1. The number of ketones is 1. The molecule has 0 fully saturated rings. The summed E-state index contributed by atoms with van der Waals surface area (Å²) in [4.78, 5) is 21.4. The Morgan fingerprint density at radius 2 is 1.86 bits per heavy atom. The summed E-state index contributed by atoms with van der Waals surface area (Å²) in [7, 11) is 0. The van der Waals surface area contributed by atoms with Gasteiger partial charge in [-0.2, -0.15) is 0 Å². The van der Waals surface area contributed by atoms with Gasteiger partial charge < -0.3 is 9.84 Å². The van der Waals surface area contributed by atoms with E-state index in [-0.39, 0.29) is 6.61 Å². The van der Waals surface area contributed by atoms with E-state index in [9.17, 15) is 9.59 Å². The number of ether oxygens (including phenoxy) is 1. The van der Waals surface area contributed by atoms with Crippen LogP contribution in [0, 0.1) is 0 Å². The van der Waals surface area contributed by atoms with Gasteiger partial charge in [0.1, 0.15) is 13.2 Å². The standard InChI is InChI=1S/C10H10O4/c11-6-9(12)10(13)14-7-8-4-2-1-3-5-8/h1-5,11H,6-7H2. The van der Waals surface area contributed by atoms with E-state index in [2.05, 4.69) is 4.74 Å². The third-order valence-electron chi connectivity index (χ3n) is 1.58. The van der Waals surface area contributed by atoms with Crippen LogP contribution in [0.2, 0.25) is 0 Å². The summed E-state index contributed by atoms with van der Waals surface area (Å²) in [6.45, 7) is -0.765. The Bertz CT molecular complexity index is 318. The highest BCUT2D eigenvalue weighted by Gasteiger charge is 2.13. The molecule has 0 aromatic heterocycles. The van der Waals surface area contributed by atoms with Crippen LogP contribution in [0.5, 0.6) is 0 Å². The van der Waals surface area contributed by atoms with Gasteiger partial charge >= 0.3 is 5.97 Å². The lowest BCUT2D eigenvalue weighted by Gasteiger charge is -2.02. The maximum Gasteiger partial charge on any atom is 0.377 e. The Balaban J connectivity index is 2.42. The molecule has 14 heavy (non-hydrogen) atoms. The fourth-order valence-electron chi connectivity index (χ4n) is 0.868. The van der Waals surface area contributed by atoms with Crippen LogP contribution in [0.1, 0.15) is 5.56 Å². The van der Waals surface area contributed by atoms with Gasteiger partial charge in [0.15, 0.2) is 0 Å². The van der Waals surface area contributed by atoms with Gasteiger partial charge in [-0.15, -0.1) is 0 Å². The molecule has 0 saturated carbocycles. The van der Waals surface area contributed by atoms with Crippen LogP contribution < -0.4 is 0 Å². The van der Waals surface area contributed by atoms with Crippen LogP contribution in [0.4, 0.5) is 0 Å². The van der Waals surface area contributed by atoms with Crippen molar-refractivity contribution in [3.63, 3.8) is 0 Å². The van der Waals surface area contributed by atoms with Gasteiger partial charge in [0.05, 0.1) is 0 Å². The van der Waals surface area contributed by atoms with Gasteiger partial charge in [-0.1, -0.05) is 30.3 Å². The third-order valence-corrected chi connectivity index (χ3v) is 1.58. The molecule has 4 heteroatoms. The molecule has 0 amide bonds. The molecule has 74 valence electrons. The van der Waals surface area contributed by atoms with Crippen molar-refractivity contribution < 1.29 is 19.4 Å². The zero-order chi connectivity index (χ0) is 10.4. The molecular weight excluding hydrogens is 184 g/mol. The molecule has 1 aromatic rings. The van der Waals surface area contributed by atoms with Crippen LogP contribution in [-0.2, 0) is 20.9 Å². The van der Waals surface area contributed by atoms with E-state index in [1.165, 1.54) is 0 Å². The molecule has 1 N–H and O–H groups in total. The fourth-order valence-corrected chi connectivity index (χ4v) is 0.868. The van der Waals surface area contributed by atoms with Crippen LogP contribution in [0.3, 0.4) is 0 Å². The number of hydrogen-bond donors (Lipinski definition) is 1. The van der Waals surface area contributed by atoms with E-state index in [1.54, 1.807) is 24.3 Å². The van der Waals surface area contributed by atoms with Gasteiger partial charge in [-0.05, 0) is 5.56 Å². The lowest BCUT2D eigenvalue weighted by atomic mass is 10.2. The molecular formula is C10H10O4. The minimum Gasteiger partial charge on any atom is -0.455 e. The summed E-state index contributed by atoms with van der Waals surface area (Å²) < 4.78 is 4.63. The summed E-state index contributed by atoms with van der Waals surface area (Å²) >= 11 is 0. The predicted octanol–water partition coefficient (Wildman–Crippen LogP) is 0.291. The zero-order valence-corrected chi connectivity index (χ0v) is 7.47. The lowest BCUT2D eigenvalue weighted by molar-refractivity contribution is -0.156. The Hall–Kier alpha value is -1.68. The summed E-state index contributed by atoms with van der Waals surface area (Å²) in [6.07, 6.45) is 0. The Kier molecular flexibility index (Phi) is 3.82. The summed E-state index contributed by atoms with van der Waals surface area (Å²) in [5, 5.41) is 8.35. The smallest absolute Gasteiger partial charge is 0.377 e. The molecule has 1 aromatic carbocycles. The first-order valence-electron chi connectivity index (χ1n) is 4.09. The van der Waals surface area contributed by atoms with Crippen molar-refractivity contribution in [3.8, 4) is 0 Å². The molecule has 0 aliphatic carbocycles. The van der Waals surface area contributed by atoms with Crippen LogP contribution in [-0.4, -0.2) is 23.5 Å². The monoisotopic (exact) mass is 194 g/mol.